The first kappa shape index (κ1) is 15.4. The number of hydrogen-bond acceptors (Lipinski definition) is 3. The quantitative estimate of drug-likeness (QED) is 0.369. The zero-order valence-electron chi connectivity index (χ0n) is 8.58. The summed E-state index contributed by atoms with van der Waals surface area (Å²) in [5.41, 5.74) is 0. The molecule has 0 saturated heterocycles. The van der Waals surface area contributed by atoms with E-state index in [1.54, 1.807) is 0 Å². The maximum atomic E-state index is 9.39. The van der Waals surface area contributed by atoms with E-state index < -0.39 is 7.32 Å². The molecule has 2 atom stereocenters. The van der Waals surface area contributed by atoms with Crippen LogP contribution in [0.25, 0.3) is 0 Å². The highest BCUT2D eigenvalue weighted by molar-refractivity contribution is 14.1. The van der Waals surface area contributed by atoms with E-state index in [2.05, 4.69) is 59.0 Å². The lowest BCUT2D eigenvalue weighted by molar-refractivity contribution is 0.116. The summed E-state index contributed by atoms with van der Waals surface area (Å²) >= 11 is 4.32. The van der Waals surface area contributed by atoms with E-state index >= 15 is 0 Å². The Labute approximate surface area is 114 Å². The molecule has 0 aromatic heterocycles. The molecule has 0 heterocycles. The third-order valence-electron chi connectivity index (χ3n) is 1.56. The van der Waals surface area contributed by atoms with Crippen molar-refractivity contribution < 1.29 is 14.3 Å². The van der Waals surface area contributed by atoms with E-state index in [1.165, 1.54) is 0 Å². The molecule has 0 aliphatic rings. The second-order valence-electron chi connectivity index (χ2n) is 2.98. The Balaban J connectivity index is 3.57. The van der Waals surface area contributed by atoms with Crippen LogP contribution >= 0.6 is 45.2 Å². The average Bonchev–Trinajstić information content (AvgIpc) is 2.03. The fourth-order valence-electron chi connectivity index (χ4n) is 0.875. The molecule has 1 N–H and O–H groups in total. The first-order valence-electron chi connectivity index (χ1n) is 4.87. The highest BCUT2D eigenvalue weighted by Crippen LogP contribution is 2.15. The van der Waals surface area contributed by atoms with Crippen LogP contribution in [0.3, 0.4) is 0 Å². The van der Waals surface area contributed by atoms with Crippen molar-refractivity contribution in [2.45, 2.75) is 47.8 Å². The van der Waals surface area contributed by atoms with Crippen LogP contribution in [0.4, 0.5) is 0 Å². The number of hydrogen-bond donors (Lipinski definition) is 1. The molecule has 0 saturated carbocycles. The minimum Gasteiger partial charge on any atom is -0.402 e. The minimum absolute atomic E-state index is 0.0258. The summed E-state index contributed by atoms with van der Waals surface area (Å²) in [6.45, 7) is 4.17. The van der Waals surface area contributed by atoms with Crippen LogP contribution in [0.1, 0.15) is 39.5 Å². The normalized spacial score (nSPS) is 15.2. The number of alkyl halides is 2. The van der Waals surface area contributed by atoms with Gasteiger partial charge in [0.2, 0.25) is 0 Å². The number of rotatable bonds is 8. The predicted octanol–water partition coefficient (Wildman–Crippen LogP) is 3.12. The lowest BCUT2D eigenvalue weighted by Crippen LogP contribution is -2.29. The van der Waals surface area contributed by atoms with Crippen LogP contribution in [-0.4, -0.2) is 20.6 Å². The topological polar surface area (TPSA) is 38.7 Å². The monoisotopic (exact) mass is 426 g/mol. The van der Waals surface area contributed by atoms with Crippen molar-refractivity contribution in [3.63, 3.8) is 0 Å². The predicted molar refractivity (Wildman–Crippen MR) is 75.6 cm³/mol. The lowest BCUT2D eigenvalue weighted by Gasteiger charge is -2.16. The van der Waals surface area contributed by atoms with Crippen molar-refractivity contribution in [2.75, 3.05) is 0 Å². The second kappa shape index (κ2) is 9.62. The largest absolute Gasteiger partial charge is 0.638 e. The van der Waals surface area contributed by atoms with E-state index in [0.717, 1.165) is 25.7 Å². The van der Waals surface area contributed by atoms with Crippen molar-refractivity contribution in [3.8, 4) is 0 Å². The first-order valence-corrected chi connectivity index (χ1v) is 7.36. The van der Waals surface area contributed by atoms with Gasteiger partial charge in [0.1, 0.15) is 0 Å². The molecule has 0 rings (SSSR count). The van der Waals surface area contributed by atoms with Gasteiger partial charge in [-0.1, -0.05) is 71.9 Å². The van der Waals surface area contributed by atoms with Crippen LogP contribution in [0, 0.1) is 0 Å². The fourth-order valence-corrected chi connectivity index (χ4v) is 2.62. The summed E-state index contributed by atoms with van der Waals surface area (Å²) in [7, 11) is -1.09. The standard InChI is InChI=1S/C8H17BI2O3/c1-3-5-7(10)13-9(12)14-8(11)6-4-2/h7-8,12H,3-6H2,1-2H3. The van der Waals surface area contributed by atoms with Gasteiger partial charge in [0.25, 0.3) is 0 Å². The molecule has 14 heavy (non-hydrogen) atoms. The van der Waals surface area contributed by atoms with Crippen molar-refractivity contribution >= 4 is 52.5 Å². The van der Waals surface area contributed by atoms with Crippen LogP contribution in [-0.2, 0) is 9.31 Å². The van der Waals surface area contributed by atoms with E-state index in [4.69, 9.17) is 9.31 Å². The Morgan fingerprint density at radius 2 is 1.43 bits per heavy atom. The van der Waals surface area contributed by atoms with Crippen LogP contribution in [0.5, 0.6) is 0 Å². The van der Waals surface area contributed by atoms with Crippen molar-refractivity contribution in [3.05, 3.63) is 0 Å². The fraction of sp³-hybridized carbons (Fsp3) is 1.00. The van der Waals surface area contributed by atoms with Gasteiger partial charge >= 0.3 is 7.32 Å². The summed E-state index contributed by atoms with van der Waals surface area (Å²) in [5.74, 6) is 0. The van der Waals surface area contributed by atoms with Gasteiger partial charge in [-0.2, -0.15) is 0 Å². The zero-order chi connectivity index (χ0) is 11.0. The van der Waals surface area contributed by atoms with Crippen LogP contribution < -0.4 is 0 Å². The molecule has 84 valence electrons. The minimum atomic E-state index is -1.09. The Hall–Kier alpha value is 1.40. The van der Waals surface area contributed by atoms with E-state index in [9.17, 15) is 5.02 Å². The van der Waals surface area contributed by atoms with Crippen LogP contribution in [0.2, 0.25) is 0 Å². The van der Waals surface area contributed by atoms with E-state index in [1.807, 2.05) is 0 Å². The van der Waals surface area contributed by atoms with Gasteiger partial charge < -0.3 is 14.3 Å². The molecule has 0 aliphatic carbocycles. The second-order valence-corrected chi connectivity index (χ2v) is 5.76. The highest BCUT2D eigenvalue weighted by atomic mass is 127. The van der Waals surface area contributed by atoms with Gasteiger partial charge in [0.05, 0.1) is 8.22 Å². The molecule has 0 amide bonds. The molecule has 3 nitrogen and oxygen atoms in total. The molecular weight excluding hydrogens is 409 g/mol. The zero-order valence-corrected chi connectivity index (χ0v) is 12.9. The van der Waals surface area contributed by atoms with Gasteiger partial charge in [-0.3, -0.25) is 0 Å². The van der Waals surface area contributed by atoms with Gasteiger partial charge in [-0.15, -0.1) is 0 Å². The molecule has 2 unspecified atom stereocenters. The maximum Gasteiger partial charge on any atom is 0.638 e. The Morgan fingerprint density at radius 1 is 1.07 bits per heavy atom. The molecule has 0 radical (unpaired) electrons. The average molecular weight is 426 g/mol. The molecule has 0 aromatic carbocycles. The molecule has 0 bridgehead atoms. The Bertz CT molecular complexity index is 126. The number of halogens is 2. The van der Waals surface area contributed by atoms with Gasteiger partial charge in [-0.25, -0.2) is 0 Å². The van der Waals surface area contributed by atoms with Gasteiger partial charge in [0.15, 0.2) is 0 Å². The maximum absolute atomic E-state index is 9.39. The van der Waals surface area contributed by atoms with Gasteiger partial charge in [-0.05, 0) is 12.8 Å². The summed E-state index contributed by atoms with van der Waals surface area (Å²) in [6, 6.07) is 0. The molecule has 0 fully saturated rings. The summed E-state index contributed by atoms with van der Waals surface area (Å²) in [5, 5.41) is 9.39. The Kier molecular flexibility index (Phi) is 10.6. The third kappa shape index (κ3) is 8.69. The van der Waals surface area contributed by atoms with Crippen molar-refractivity contribution in [2.24, 2.45) is 0 Å². The lowest BCUT2D eigenvalue weighted by atomic mass is 10.2. The molecule has 6 heteroatoms. The van der Waals surface area contributed by atoms with E-state index in [0.29, 0.717) is 0 Å². The smallest absolute Gasteiger partial charge is 0.402 e. The van der Waals surface area contributed by atoms with Crippen molar-refractivity contribution in [1.82, 2.24) is 0 Å². The molecular formula is C8H17BI2O3. The summed E-state index contributed by atoms with van der Waals surface area (Å²) in [6.07, 6.45) is 3.95. The van der Waals surface area contributed by atoms with Gasteiger partial charge in [0, 0.05) is 0 Å². The SMILES string of the molecule is CCCC(I)OB(O)OC(I)CCC. The van der Waals surface area contributed by atoms with E-state index in [-0.39, 0.29) is 8.22 Å². The summed E-state index contributed by atoms with van der Waals surface area (Å²) < 4.78 is 10.5. The summed E-state index contributed by atoms with van der Waals surface area (Å²) in [4.78, 5) is 0. The van der Waals surface area contributed by atoms with Crippen LogP contribution in [0.15, 0.2) is 0 Å². The first-order chi connectivity index (χ1) is 6.60. The third-order valence-corrected chi connectivity index (χ3v) is 3.39. The highest BCUT2D eigenvalue weighted by Gasteiger charge is 2.22. The molecule has 0 aliphatic heterocycles. The Morgan fingerprint density at radius 3 is 1.71 bits per heavy atom. The molecule has 0 spiro atoms. The molecule has 0 aromatic rings. The van der Waals surface area contributed by atoms with Crippen molar-refractivity contribution in [1.29, 1.82) is 0 Å².